The Morgan fingerprint density at radius 2 is 2.07 bits per heavy atom. The third-order valence-electron chi connectivity index (χ3n) is 4.55. The molecule has 0 radical (unpaired) electrons. The number of aromatic nitrogens is 2. The highest BCUT2D eigenvalue weighted by atomic mass is 16.6. The van der Waals surface area contributed by atoms with Crippen LogP contribution in [0, 0.1) is 0 Å². The monoisotopic (exact) mass is 389 g/mol. The van der Waals surface area contributed by atoms with Gasteiger partial charge in [-0.1, -0.05) is 19.0 Å². The van der Waals surface area contributed by atoms with E-state index in [1.165, 1.54) is 0 Å². The quantitative estimate of drug-likeness (QED) is 0.824. The number of aryl methyl sites for hydroxylation is 1. The van der Waals surface area contributed by atoms with E-state index in [-0.39, 0.29) is 11.5 Å². The van der Waals surface area contributed by atoms with E-state index in [0.717, 1.165) is 24.2 Å². The minimum atomic E-state index is -0.553. The molecule has 152 valence electrons. The lowest BCUT2D eigenvalue weighted by molar-refractivity contribution is 0.0635. The van der Waals surface area contributed by atoms with Gasteiger partial charge in [0.1, 0.15) is 11.4 Å². The fourth-order valence-corrected chi connectivity index (χ4v) is 3.28. The number of hydrogen-bond donors (Lipinski definition) is 2. The average molecular weight is 389 g/mol. The number of nitrogens with zero attached hydrogens (tertiary/aromatic N) is 1. The minimum Gasteiger partial charge on any atom is -0.490 e. The van der Waals surface area contributed by atoms with Crippen LogP contribution in [-0.4, -0.2) is 27.9 Å². The largest absolute Gasteiger partial charge is 0.490 e. The Morgan fingerprint density at radius 1 is 1.32 bits per heavy atom. The number of carbonyl (C=O) groups excluding carboxylic acids is 1. The van der Waals surface area contributed by atoms with Gasteiger partial charge in [-0.2, -0.15) is 0 Å². The predicted molar refractivity (Wildman–Crippen MR) is 104 cm³/mol. The van der Waals surface area contributed by atoms with Gasteiger partial charge in [0, 0.05) is 11.1 Å². The molecule has 2 N–H and O–H groups in total. The number of hydrogen-bond acceptors (Lipinski definition) is 6. The highest BCUT2D eigenvalue weighted by Gasteiger charge is 2.32. The maximum absolute atomic E-state index is 11.9. The standard InChI is InChI=1S/C20H27N3O5/c1-19(2,3)27-17(24)21-13-7-9-15-12(10-13)6-8-14(26-15)11-20(4,5)16-22-18(25)28-23-16/h7,9-10,14H,6,8,11H2,1-5H3,(H,21,24)(H,22,23,25)/t14-/m1/s1. The van der Waals surface area contributed by atoms with Crippen molar-refractivity contribution in [3.63, 3.8) is 0 Å². The van der Waals surface area contributed by atoms with E-state index in [0.29, 0.717) is 17.9 Å². The summed E-state index contributed by atoms with van der Waals surface area (Å²) in [6.45, 7) is 9.46. The van der Waals surface area contributed by atoms with Crippen LogP contribution >= 0.6 is 0 Å². The van der Waals surface area contributed by atoms with E-state index in [2.05, 4.69) is 20.0 Å². The smallest absolute Gasteiger partial charge is 0.438 e. The van der Waals surface area contributed by atoms with E-state index in [9.17, 15) is 9.59 Å². The molecule has 3 rings (SSSR count). The molecule has 0 aliphatic carbocycles. The van der Waals surface area contributed by atoms with Crippen LogP contribution in [-0.2, 0) is 16.6 Å². The van der Waals surface area contributed by atoms with Crippen LogP contribution in [0.15, 0.2) is 27.5 Å². The summed E-state index contributed by atoms with van der Waals surface area (Å²) in [7, 11) is 0. The molecule has 1 atom stereocenters. The van der Waals surface area contributed by atoms with Crippen molar-refractivity contribution in [3.8, 4) is 5.75 Å². The van der Waals surface area contributed by atoms with Crippen molar-refractivity contribution in [1.29, 1.82) is 0 Å². The summed E-state index contributed by atoms with van der Waals surface area (Å²) in [6, 6.07) is 5.57. The SMILES string of the molecule is CC(C)(C)OC(=O)Nc1ccc2c(c1)CC[C@H](CC(C)(C)c1noc(=O)[nH]1)O2. The van der Waals surface area contributed by atoms with E-state index >= 15 is 0 Å². The fraction of sp³-hybridized carbons (Fsp3) is 0.550. The molecule has 2 aromatic rings. The van der Waals surface area contributed by atoms with Crippen molar-refractivity contribution in [2.75, 3.05) is 5.32 Å². The van der Waals surface area contributed by atoms with Gasteiger partial charge >= 0.3 is 11.8 Å². The maximum atomic E-state index is 11.9. The number of nitrogens with one attached hydrogen (secondary N) is 2. The van der Waals surface area contributed by atoms with Crippen molar-refractivity contribution in [1.82, 2.24) is 10.1 Å². The van der Waals surface area contributed by atoms with Crippen LogP contribution < -0.4 is 15.8 Å². The third kappa shape index (κ3) is 4.94. The Hall–Kier alpha value is -2.77. The summed E-state index contributed by atoms with van der Waals surface area (Å²) in [6.07, 6.45) is 1.86. The third-order valence-corrected chi connectivity index (χ3v) is 4.55. The number of benzene rings is 1. The Kier molecular flexibility index (Phi) is 5.23. The van der Waals surface area contributed by atoms with E-state index in [1.54, 1.807) is 6.07 Å². The van der Waals surface area contributed by atoms with Crippen LogP contribution in [0.4, 0.5) is 10.5 Å². The lowest BCUT2D eigenvalue weighted by Crippen LogP contribution is -2.32. The van der Waals surface area contributed by atoms with Crippen molar-refractivity contribution in [2.45, 2.75) is 71.0 Å². The molecule has 8 nitrogen and oxygen atoms in total. The second-order valence-corrected chi connectivity index (χ2v) is 8.76. The highest BCUT2D eigenvalue weighted by molar-refractivity contribution is 5.85. The molecule has 0 saturated carbocycles. The van der Waals surface area contributed by atoms with Crippen LogP contribution in [0.3, 0.4) is 0 Å². The van der Waals surface area contributed by atoms with Gasteiger partial charge in [0.05, 0.1) is 6.10 Å². The van der Waals surface area contributed by atoms with Gasteiger partial charge in [-0.3, -0.25) is 14.8 Å². The van der Waals surface area contributed by atoms with Gasteiger partial charge in [0.2, 0.25) is 0 Å². The topological polar surface area (TPSA) is 106 Å². The number of anilines is 1. The Bertz CT molecular complexity index is 907. The van der Waals surface area contributed by atoms with E-state index < -0.39 is 17.5 Å². The first kappa shape index (κ1) is 20.0. The second-order valence-electron chi connectivity index (χ2n) is 8.76. The second kappa shape index (κ2) is 7.33. The molecule has 0 unspecified atom stereocenters. The Morgan fingerprint density at radius 3 is 2.71 bits per heavy atom. The number of fused-ring (bicyclic) bond motifs is 1. The molecule has 28 heavy (non-hydrogen) atoms. The number of amides is 1. The summed E-state index contributed by atoms with van der Waals surface area (Å²) in [5, 5.41) is 6.56. The highest BCUT2D eigenvalue weighted by Crippen LogP contribution is 2.35. The minimum absolute atomic E-state index is 0.00707. The molecule has 0 saturated heterocycles. The molecule has 1 aromatic carbocycles. The van der Waals surface area contributed by atoms with Crippen LogP contribution in [0.2, 0.25) is 0 Å². The molecule has 1 amide bonds. The number of carbonyl (C=O) groups is 1. The molecular weight excluding hydrogens is 362 g/mol. The molecule has 8 heteroatoms. The molecule has 1 aliphatic heterocycles. The zero-order valence-electron chi connectivity index (χ0n) is 16.9. The van der Waals surface area contributed by atoms with Crippen LogP contribution in [0.1, 0.15) is 58.8 Å². The predicted octanol–water partition coefficient (Wildman–Crippen LogP) is 3.77. The Balaban J connectivity index is 1.64. The normalized spacial score (nSPS) is 16.8. The molecule has 2 heterocycles. The first-order valence-corrected chi connectivity index (χ1v) is 9.38. The molecule has 1 aromatic heterocycles. The first-order chi connectivity index (χ1) is 13.0. The van der Waals surface area contributed by atoms with E-state index in [4.69, 9.17) is 9.47 Å². The molecule has 1 aliphatic rings. The van der Waals surface area contributed by atoms with Crippen molar-refractivity contribution >= 4 is 11.8 Å². The fourth-order valence-electron chi connectivity index (χ4n) is 3.28. The molecular formula is C20H27N3O5. The van der Waals surface area contributed by atoms with Crippen molar-refractivity contribution < 1.29 is 18.8 Å². The number of rotatable bonds is 4. The summed E-state index contributed by atoms with van der Waals surface area (Å²) in [4.78, 5) is 25.8. The molecule has 0 spiro atoms. The zero-order chi connectivity index (χ0) is 20.5. The van der Waals surface area contributed by atoms with Gasteiger partial charge in [-0.05, 0) is 63.8 Å². The van der Waals surface area contributed by atoms with Gasteiger partial charge in [-0.25, -0.2) is 9.59 Å². The van der Waals surface area contributed by atoms with Crippen molar-refractivity contribution in [2.24, 2.45) is 0 Å². The van der Waals surface area contributed by atoms with Gasteiger partial charge in [0.15, 0.2) is 5.82 Å². The number of ether oxygens (including phenoxy) is 2. The summed E-state index contributed by atoms with van der Waals surface area (Å²) < 4.78 is 16.0. The van der Waals surface area contributed by atoms with Crippen molar-refractivity contribution in [3.05, 3.63) is 40.1 Å². The lowest BCUT2D eigenvalue weighted by Gasteiger charge is -2.31. The van der Waals surface area contributed by atoms with E-state index in [1.807, 2.05) is 46.8 Å². The zero-order valence-corrected chi connectivity index (χ0v) is 16.9. The van der Waals surface area contributed by atoms with Gasteiger partial charge in [0.25, 0.3) is 0 Å². The van der Waals surface area contributed by atoms with Gasteiger partial charge in [-0.15, -0.1) is 0 Å². The first-order valence-electron chi connectivity index (χ1n) is 9.38. The molecule has 0 fully saturated rings. The average Bonchev–Trinajstić information content (AvgIpc) is 3.00. The summed E-state index contributed by atoms with van der Waals surface area (Å²) in [5.41, 5.74) is 0.787. The summed E-state index contributed by atoms with van der Waals surface area (Å²) >= 11 is 0. The van der Waals surface area contributed by atoms with Crippen LogP contribution in [0.25, 0.3) is 0 Å². The Labute approximate surface area is 163 Å². The summed E-state index contributed by atoms with van der Waals surface area (Å²) in [5.74, 6) is 0.766. The number of aromatic amines is 1. The maximum Gasteiger partial charge on any atom is 0.438 e. The lowest BCUT2D eigenvalue weighted by atomic mass is 9.83. The molecule has 0 bridgehead atoms. The van der Waals surface area contributed by atoms with Crippen LogP contribution in [0.5, 0.6) is 5.75 Å². The van der Waals surface area contributed by atoms with Gasteiger partial charge < -0.3 is 9.47 Å². The number of H-pyrrole nitrogens is 1.